The van der Waals surface area contributed by atoms with Crippen molar-refractivity contribution in [2.24, 2.45) is 11.3 Å². The molecule has 2 fully saturated rings. The lowest BCUT2D eigenvalue weighted by atomic mass is 9.80. The Morgan fingerprint density at radius 2 is 1.90 bits per heavy atom. The van der Waals surface area contributed by atoms with E-state index in [1.165, 1.54) is 58.0 Å². The average molecular weight is 280 g/mol. The van der Waals surface area contributed by atoms with Crippen LogP contribution in [0.1, 0.15) is 72.6 Å². The second-order valence-electron chi connectivity index (χ2n) is 7.87. The molecular weight excluding hydrogens is 244 g/mol. The van der Waals surface area contributed by atoms with Crippen LogP contribution in [0, 0.1) is 11.3 Å². The molecule has 1 N–H and O–H groups in total. The van der Waals surface area contributed by atoms with Crippen LogP contribution in [-0.2, 0) is 0 Å². The largest absolute Gasteiger partial charge is 0.313 e. The van der Waals surface area contributed by atoms with Crippen molar-refractivity contribution in [3.8, 4) is 0 Å². The van der Waals surface area contributed by atoms with Gasteiger partial charge in [-0.25, -0.2) is 0 Å². The summed E-state index contributed by atoms with van der Waals surface area (Å²) in [7, 11) is 0. The summed E-state index contributed by atoms with van der Waals surface area (Å²) in [6.45, 7) is 13.3. The van der Waals surface area contributed by atoms with Crippen LogP contribution < -0.4 is 5.32 Å². The van der Waals surface area contributed by atoms with Gasteiger partial charge in [-0.05, 0) is 69.5 Å². The number of nitrogens with one attached hydrogen (secondary N) is 1. The maximum absolute atomic E-state index is 3.78. The third kappa shape index (κ3) is 4.21. The summed E-state index contributed by atoms with van der Waals surface area (Å²) in [4.78, 5) is 2.84. The molecular formula is C18H36N2. The summed E-state index contributed by atoms with van der Waals surface area (Å²) in [6, 6.07) is 1.53. The van der Waals surface area contributed by atoms with Crippen LogP contribution in [0.4, 0.5) is 0 Å². The van der Waals surface area contributed by atoms with Crippen LogP contribution in [0.3, 0.4) is 0 Å². The first-order valence-electron chi connectivity index (χ1n) is 9.03. The first kappa shape index (κ1) is 16.3. The van der Waals surface area contributed by atoms with Gasteiger partial charge in [0.15, 0.2) is 0 Å². The van der Waals surface area contributed by atoms with Gasteiger partial charge >= 0.3 is 0 Å². The summed E-state index contributed by atoms with van der Waals surface area (Å²) < 4.78 is 0. The highest BCUT2D eigenvalue weighted by Crippen LogP contribution is 2.35. The van der Waals surface area contributed by atoms with Crippen molar-refractivity contribution in [3.63, 3.8) is 0 Å². The van der Waals surface area contributed by atoms with Crippen LogP contribution in [0.5, 0.6) is 0 Å². The highest BCUT2D eigenvalue weighted by molar-refractivity contribution is 4.92. The number of likely N-dealkylation sites (N-methyl/N-ethyl adjacent to an activating group) is 1. The smallest absolute Gasteiger partial charge is 0.0251 e. The first-order valence-corrected chi connectivity index (χ1v) is 9.03. The van der Waals surface area contributed by atoms with E-state index >= 15 is 0 Å². The topological polar surface area (TPSA) is 15.3 Å². The normalized spacial score (nSPS) is 35.7. The highest BCUT2D eigenvalue weighted by Gasteiger charge is 2.35. The summed E-state index contributed by atoms with van der Waals surface area (Å²) in [5.74, 6) is 0.964. The van der Waals surface area contributed by atoms with Gasteiger partial charge < -0.3 is 5.32 Å². The predicted molar refractivity (Wildman–Crippen MR) is 88.1 cm³/mol. The predicted octanol–water partition coefficient (Wildman–Crippen LogP) is 4.06. The minimum Gasteiger partial charge on any atom is -0.313 e. The molecule has 2 nitrogen and oxygen atoms in total. The maximum atomic E-state index is 3.78. The van der Waals surface area contributed by atoms with Crippen molar-refractivity contribution in [1.29, 1.82) is 0 Å². The Hall–Kier alpha value is -0.0800. The van der Waals surface area contributed by atoms with Gasteiger partial charge in [0.1, 0.15) is 0 Å². The van der Waals surface area contributed by atoms with E-state index in [4.69, 9.17) is 0 Å². The van der Waals surface area contributed by atoms with E-state index in [1.54, 1.807) is 0 Å². The Morgan fingerprint density at radius 3 is 2.60 bits per heavy atom. The fourth-order valence-electron chi connectivity index (χ4n) is 4.28. The van der Waals surface area contributed by atoms with Crippen LogP contribution in [-0.4, -0.2) is 36.6 Å². The molecule has 0 radical (unpaired) electrons. The fraction of sp³-hybridized carbons (Fsp3) is 1.00. The zero-order valence-corrected chi connectivity index (χ0v) is 14.3. The quantitative estimate of drug-likeness (QED) is 0.835. The third-order valence-corrected chi connectivity index (χ3v) is 5.81. The van der Waals surface area contributed by atoms with Gasteiger partial charge in [0.25, 0.3) is 0 Å². The van der Waals surface area contributed by atoms with E-state index < -0.39 is 0 Å². The van der Waals surface area contributed by atoms with Crippen LogP contribution in [0.25, 0.3) is 0 Å². The molecule has 3 atom stereocenters. The lowest BCUT2D eigenvalue weighted by Gasteiger charge is -2.43. The summed E-state index contributed by atoms with van der Waals surface area (Å²) in [5, 5.41) is 3.78. The van der Waals surface area contributed by atoms with E-state index in [2.05, 4.69) is 37.9 Å². The van der Waals surface area contributed by atoms with Crippen molar-refractivity contribution >= 4 is 0 Å². The third-order valence-electron chi connectivity index (χ3n) is 5.81. The van der Waals surface area contributed by atoms with Gasteiger partial charge in [-0.3, -0.25) is 4.90 Å². The highest BCUT2D eigenvalue weighted by atomic mass is 15.2. The van der Waals surface area contributed by atoms with Gasteiger partial charge in [0.2, 0.25) is 0 Å². The molecule has 1 saturated heterocycles. The van der Waals surface area contributed by atoms with E-state index in [0.29, 0.717) is 5.41 Å². The van der Waals surface area contributed by atoms with Crippen molar-refractivity contribution in [1.82, 2.24) is 10.2 Å². The summed E-state index contributed by atoms with van der Waals surface area (Å²) >= 11 is 0. The molecule has 0 amide bonds. The molecule has 20 heavy (non-hydrogen) atoms. The molecule has 0 bridgehead atoms. The molecule has 2 heteroatoms. The SMILES string of the molecule is CCNC1CCC(CC)CC1N1CCCC(C)(C)CC1. The van der Waals surface area contributed by atoms with Crippen molar-refractivity contribution in [2.75, 3.05) is 19.6 Å². The van der Waals surface area contributed by atoms with Gasteiger partial charge in [-0.2, -0.15) is 0 Å². The lowest BCUT2D eigenvalue weighted by Crippen LogP contribution is -2.53. The Morgan fingerprint density at radius 1 is 1.10 bits per heavy atom. The number of hydrogen-bond donors (Lipinski definition) is 1. The molecule has 118 valence electrons. The fourth-order valence-corrected chi connectivity index (χ4v) is 4.28. The summed E-state index contributed by atoms with van der Waals surface area (Å²) in [5.41, 5.74) is 0.557. The van der Waals surface area contributed by atoms with Gasteiger partial charge in [0, 0.05) is 12.1 Å². The molecule has 0 aromatic carbocycles. The summed E-state index contributed by atoms with van der Waals surface area (Å²) in [6.07, 6.45) is 9.78. The van der Waals surface area contributed by atoms with Gasteiger partial charge in [-0.1, -0.05) is 34.1 Å². The Labute approximate surface area is 126 Å². The van der Waals surface area contributed by atoms with Gasteiger partial charge in [0.05, 0.1) is 0 Å². The van der Waals surface area contributed by atoms with Crippen LogP contribution >= 0.6 is 0 Å². The molecule has 0 aromatic heterocycles. The minimum absolute atomic E-state index is 0.557. The maximum Gasteiger partial charge on any atom is 0.0251 e. The first-order chi connectivity index (χ1) is 9.55. The van der Waals surface area contributed by atoms with Crippen LogP contribution in [0.15, 0.2) is 0 Å². The number of likely N-dealkylation sites (tertiary alicyclic amines) is 1. The van der Waals surface area contributed by atoms with E-state index in [-0.39, 0.29) is 0 Å². The van der Waals surface area contributed by atoms with Crippen molar-refractivity contribution < 1.29 is 0 Å². The number of rotatable bonds is 4. The molecule has 2 aliphatic rings. The molecule has 2 rings (SSSR count). The molecule has 3 unspecified atom stereocenters. The van der Waals surface area contributed by atoms with E-state index in [9.17, 15) is 0 Å². The Balaban J connectivity index is 2.01. The molecule has 0 aromatic rings. The van der Waals surface area contributed by atoms with Crippen LogP contribution in [0.2, 0.25) is 0 Å². The molecule has 1 aliphatic carbocycles. The molecule has 0 spiro atoms. The number of nitrogens with zero attached hydrogens (tertiary/aromatic N) is 1. The van der Waals surface area contributed by atoms with Crippen molar-refractivity contribution in [3.05, 3.63) is 0 Å². The Kier molecular flexibility index (Phi) is 5.92. The lowest BCUT2D eigenvalue weighted by molar-refractivity contribution is 0.0962. The van der Waals surface area contributed by atoms with E-state index in [1.807, 2.05) is 0 Å². The van der Waals surface area contributed by atoms with E-state index in [0.717, 1.165) is 24.5 Å². The molecule has 1 saturated carbocycles. The second-order valence-corrected chi connectivity index (χ2v) is 7.87. The zero-order valence-electron chi connectivity index (χ0n) is 14.3. The minimum atomic E-state index is 0.557. The monoisotopic (exact) mass is 280 g/mol. The van der Waals surface area contributed by atoms with Crippen molar-refractivity contribution in [2.45, 2.75) is 84.7 Å². The average Bonchev–Trinajstić information content (AvgIpc) is 2.60. The number of hydrogen-bond acceptors (Lipinski definition) is 2. The zero-order chi connectivity index (χ0) is 14.6. The van der Waals surface area contributed by atoms with Gasteiger partial charge in [-0.15, -0.1) is 0 Å². The standard InChI is InChI=1S/C18H36N2/c1-5-15-8-9-16(19-6-2)17(14-15)20-12-7-10-18(3,4)11-13-20/h15-17,19H,5-14H2,1-4H3. The molecule has 1 heterocycles. The Bertz CT molecular complexity index is 287. The second kappa shape index (κ2) is 7.26. The molecule has 1 aliphatic heterocycles.